The molecule has 126 valence electrons. The quantitative estimate of drug-likeness (QED) is 0.931. The summed E-state index contributed by atoms with van der Waals surface area (Å²) in [5.41, 5.74) is 2.57. The lowest BCUT2D eigenvalue weighted by Crippen LogP contribution is -2.46. The molecule has 1 amide bonds. The molecule has 2 fully saturated rings. The summed E-state index contributed by atoms with van der Waals surface area (Å²) >= 11 is 0. The monoisotopic (exact) mass is 315 g/mol. The first-order valence-electron chi connectivity index (χ1n) is 8.95. The van der Waals surface area contributed by atoms with Crippen LogP contribution in [0.1, 0.15) is 43.0 Å². The first-order valence-corrected chi connectivity index (χ1v) is 8.95. The minimum atomic E-state index is -0.0168. The van der Waals surface area contributed by atoms with Crippen molar-refractivity contribution >= 4 is 11.6 Å². The number of hydrogen-bond acceptors (Lipinski definition) is 3. The maximum absolute atomic E-state index is 11.6. The Hall–Kier alpha value is -1.55. The third-order valence-electron chi connectivity index (χ3n) is 5.91. The lowest BCUT2D eigenvalue weighted by Gasteiger charge is -2.47. The van der Waals surface area contributed by atoms with E-state index in [-0.39, 0.29) is 5.91 Å². The number of rotatable bonds is 3. The van der Waals surface area contributed by atoms with Crippen molar-refractivity contribution in [1.29, 1.82) is 0 Å². The minimum absolute atomic E-state index is 0.0168. The van der Waals surface area contributed by atoms with Gasteiger partial charge in [0.1, 0.15) is 0 Å². The molecule has 1 N–H and O–H groups in total. The molecule has 4 heteroatoms. The lowest BCUT2D eigenvalue weighted by atomic mass is 9.71. The van der Waals surface area contributed by atoms with Crippen LogP contribution >= 0.6 is 0 Å². The topological polar surface area (TPSA) is 35.6 Å². The van der Waals surface area contributed by atoms with Gasteiger partial charge in [-0.1, -0.05) is 6.92 Å². The number of likely N-dealkylation sites (tertiary alicyclic amines) is 1. The number of nitrogens with zero attached hydrogens (tertiary/aromatic N) is 2. The molecule has 0 bridgehead atoms. The second-order valence-corrected chi connectivity index (χ2v) is 7.05. The van der Waals surface area contributed by atoms with E-state index in [1.165, 1.54) is 51.0 Å². The molecule has 2 heterocycles. The van der Waals surface area contributed by atoms with Crippen LogP contribution in [0.4, 0.5) is 5.69 Å². The molecule has 0 aliphatic carbocycles. The van der Waals surface area contributed by atoms with Gasteiger partial charge in [0.15, 0.2) is 0 Å². The molecule has 0 saturated carbocycles. The predicted octanol–water partition coefficient (Wildman–Crippen LogP) is 2.75. The van der Waals surface area contributed by atoms with Gasteiger partial charge >= 0.3 is 0 Å². The molecule has 2 aliphatic heterocycles. The Balaban J connectivity index is 1.58. The van der Waals surface area contributed by atoms with Crippen LogP contribution in [0.2, 0.25) is 0 Å². The third kappa shape index (κ3) is 3.52. The molecular formula is C19H29N3O. The first kappa shape index (κ1) is 16.3. The number of nitrogens with one attached hydrogen (secondary N) is 1. The number of piperidine rings is 2. The van der Waals surface area contributed by atoms with E-state index in [4.69, 9.17) is 0 Å². The van der Waals surface area contributed by atoms with E-state index in [1.54, 1.807) is 7.05 Å². The SMILES string of the molecule is CCN1CCC2(CC1)CCN(c1ccc(C(=O)NC)cc1)CC2. The second kappa shape index (κ2) is 6.91. The van der Waals surface area contributed by atoms with Crippen LogP contribution in [0.25, 0.3) is 0 Å². The zero-order valence-electron chi connectivity index (χ0n) is 14.5. The maximum Gasteiger partial charge on any atom is 0.251 e. The van der Waals surface area contributed by atoms with Crippen LogP contribution in [-0.2, 0) is 0 Å². The average molecular weight is 315 g/mol. The summed E-state index contributed by atoms with van der Waals surface area (Å²) in [6, 6.07) is 8.03. The maximum atomic E-state index is 11.6. The Kier molecular flexibility index (Phi) is 4.90. The molecule has 3 rings (SSSR count). The van der Waals surface area contributed by atoms with E-state index in [1.807, 2.05) is 12.1 Å². The van der Waals surface area contributed by atoms with Crippen molar-refractivity contribution in [3.63, 3.8) is 0 Å². The van der Waals surface area contributed by atoms with Crippen molar-refractivity contribution in [3.05, 3.63) is 29.8 Å². The molecule has 0 radical (unpaired) electrons. The molecule has 1 spiro atoms. The van der Waals surface area contributed by atoms with Crippen molar-refractivity contribution in [2.75, 3.05) is 44.7 Å². The molecule has 2 saturated heterocycles. The lowest BCUT2D eigenvalue weighted by molar-refractivity contribution is 0.0831. The van der Waals surface area contributed by atoms with Gasteiger partial charge < -0.3 is 15.1 Å². The van der Waals surface area contributed by atoms with Gasteiger partial charge in [-0.25, -0.2) is 0 Å². The van der Waals surface area contributed by atoms with Crippen molar-refractivity contribution in [2.45, 2.75) is 32.6 Å². The van der Waals surface area contributed by atoms with Crippen LogP contribution in [0.15, 0.2) is 24.3 Å². The largest absolute Gasteiger partial charge is 0.371 e. The summed E-state index contributed by atoms with van der Waals surface area (Å²) < 4.78 is 0. The number of benzene rings is 1. The van der Waals surface area contributed by atoms with E-state index in [0.717, 1.165) is 18.7 Å². The van der Waals surface area contributed by atoms with Gasteiger partial charge in [-0.3, -0.25) is 4.79 Å². The van der Waals surface area contributed by atoms with Crippen LogP contribution in [0, 0.1) is 5.41 Å². The zero-order valence-corrected chi connectivity index (χ0v) is 14.5. The van der Waals surface area contributed by atoms with Gasteiger partial charge in [0.05, 0.1) is 0 Å². The molecule has 2 aliphatic rings. The fourth-order valence-electron chi connectivity index (χ4n) is 4.05. The van der Waals surface area contributed by atoms with Gasteiger partial charge in [0.25, 0.3) is 5.91 Å². The second-order valence-electron chi connectivity index (χ2n) is 7.05. The molecular weight excluding hydrogens is 286 g/mol. The average Bonchev–Trinajstić information content (AvgIpc) is 2.63. The summed E-state index contributed by atoms with van der Waals surface area (Å²) in [5, 5.41) is 2.67. The molecule has 1 aromatic rings. The van der Waals surface area contributed by atoms with E-state index >= 15 is 0 Å². The molecule has 0 aromatic heterocycles. The molecule has 0 unspecified atom stereocenters. The Labute approximate surface area is 139 Å². The van der Waals surface area contributed by atoms with E-state index in [2.05, 4.69) is 34.2 Å². The summed E-state index contributed by atoms with van der Waals surface area (Å²) in [7, 11) is 1.67. The van der Waals surface area contributed by atoms with E-state index < -0.39 is 0 Å². The van der Waals surface area contributed by atoms with Crippen molar-refractivity contribution in [2.24, 2.45) is 5.41 Å². The van der Waals surface area contributed by atoms with Crippen molar-refractivity contribution in [3.8, 4) is 0 Å². The van der Waals surface area contributed by atoms with E-state index in [9.17, 15) is 4.79 Å². The van der Waals surface area contributed by atoms with Gasteiger partial charge in [-0.15, -0.1) is 0 Å². The predicted molar refractivity (Wildman–Crippen MR) is 95.1 cm³/mol. The summed E-state index contributed by atoms with van der Waals surface area (Å²) in [4.78, 5) is 16.7. The molecule has 4 nitrogen and oxygen atoms in total. The highest BCUT2D eigenvalue weighted by atomic mass is 16.1. The number of anilines is 1. The highest BCUT2D eigenvalue weighted by Crippen LogP contribution is 2.42. The summed E-state index contributed by atoms with van der Waals surface area (Å²) in [6.07, 6.45) is 5.35. The molecule has 1 aromatic carbocycles. The fraction of sp³-hybridized carbons (Fsp3) is 0.632. The van der Waals surface area contributed by atoms with Crippen molar-refractivity contribution in [1.82, 2.24) is 10.2 Å². The number of amides is 1. The van der Waals surface area contributed by atoms with Gasteiger partial charge in [0, 0.05) is 31.4 Å². The Morgan fingerprint density at radius 2 is 1.61 bits per heavy atom. The Bertz CT molecular complexity index is 522. The normalized spacial score (nSPS) is 21.4. The van der Waals surface area contributed by atoms with E-state index in [0.29, 0.717) is 5.41 Å². The number of carbonyl (C=O) groups is 1. The van der Waals surface area contributed by atoms with Crippen molar-refractivity contribution < 1.29 is 4.79 Å². The third-order valence-corrected chi connectivity index (χ3v) is 5.91. The molecule has 0 atom stereocenters. The highest BCUT2D eigenvalue weighted by molar-refractivity contribution is 5.94. The standard InChI is InChI=1S/C19H29N3O/c1-3-21-12-8-19(9-13-21)10-14-22(15-11-19)17-6-4-16(5-7-17)18(23)20-2/h4-7H,3,8-15H2,1-2H3,(H,20,23). The smallest absolute Gasteiger partial charge is 0.251 e. The van der Waals surface area contributed by atoms with Gasteiger partial charge in [-0.05, 0) is 75.0 Å². The summed E-state index contributed by atoms with van der Waals surface area (Å²) in [5.74, 6) is -0.0168. The Morgan fingerprint density at radius 1 is 1.04 bits per heavy atom. The minimum Gasteiger partial charge on any atom is -0.371 e. The van der Waals surface area contributed by atoms with Crippen LogP contribution in [-0.4, -0.2) is 50.6 Å². The number of hydrogen-bond donors (Lipinski definition) is 1. The number of carbonyl (C=O) groups excluding carboxylic acids is 1. The summed E-state index contributed by atoms with van der Waals surface area (Å²) in [6.45, 7) is 8.30. The van der Waals surface area contributed by atoms with Crippen LogP contribution in [0.5, 0.6) is 0 Å². The van der Waals surface area contributed by atoms with Gasteiger partial charge in [-0.2, -0.15) is 0 Å². The Morgan fingerprint density at radius 3 is 2.13 bits per heavy atom. The fourth-order valence-corrected chi connectivity index (χ4v) is 4.05. The highest BCUT2D eigenvalue weighted by Gasteiger charge is 2.37. The molecule has 23 heavy (non-hydrogen) atoms. The zero-order chi connectivity index (χ0) is 16.3. The first-order chi connectivity index (χ1) is 11.2. The van der Waals surface area contributed by atoms with Crippen LogP contribution in [0.3, 0.4) is 0 Å². The van der Waals surface area contributed by atoms with Crippen LogP contribution < -0.4 is 10.2 Å². The van der Waals surface area contributed by atoms with Gasteiger partial charge in [0.2, 0.25) is 0 Å².